The molecule has 0 amide bonds. The van der Waals surface area contributed by atoms with Crippen LogP contribution in [-0.4, -0.2) is 25.3 Å². The van der Waals surface area contributed by atoms with Crippen LogP contribution in [0.1, 0.15) is 57.1 Å². The van der Waals surface area contributed by atoms with Crippen LogP contribution >= 0.6 is 0 Å². The largest absolute Gasteiger partial charge is 0.496 e. The first-order valence-corrected chi connectivity index (χ1v) is 10.1. The van der Waals surface area contributed by atoms with E-state index in [0.717, 1.165) is 35.5 Å². The molecule has 156 valence electrons. The minimum Gasteiger partial charge on any atom is -0.496 e. The van der Waals surface area contributed by atoms with Gasteiger partial charge in [-0.05, 0) is 62.1 Å². The average molecular weight is 389 g/mol. The van der Waals surface area contributed by atoms with E-state index < -0.39 is 5.97 Å². The lowest BCUT2D eigenvalue weighted by Crippen LogP contribution is -2.18. The number of allylic oxidation sites excluding steroid dienone is 2. The maximum atomic E-state index is 11.0. The van der Waals surface area contributed by atoms with Crippen molar-refractivity contribution in [2.45, 2.75) is 58.8 Å². The summed E-state index contributed by atoms with van der Waals surface area (Å²) >= 11 is 0. The molecule has 1 aromatic rings. The van der Waals surface area contributed by atoms with Crippen molar-refractivity contribution >= 4 is 5.97 Å². The molecule has 0 bridgehead atoms. The Morgan fingerprint density at radius 3 is 2.25 bits per heavy atom. The zero-order valence-corrected chi connectivity index (χ0v) is 17.9. The zero-order valence-electron chi connectivity index (χ0n) is 17.9. The number of ether oxygens (including phenoxy) is 2. The highest BCUT2D eigenvalue weighted by atomic mass is 16.5. The van der Waals surface area contributed by atoms with Crippen LogP contribution in [0.4, 0.5) is 0 Å². The van der Waals surface area contributed by atoms with Gasteiger partial charge in [-0.25, -0.2) is 0 Å². The number of hydrogen-bond acceptors (Lipinski definition) is 3. The van der Waals surface area contributed by atoms with E-state index in [1.807, 2.05) is 13.0 Å². The molecule has 2 atom stereocenters. The highest BCUT2D eigenvalue weighted by Crippen LogP contribution is 2.37. The van der Waals surface area contributed by atoms with Crippen LogP contribution in [0.15, 0.2) is 36.9 Å². The van der Waals surface area contributed by atoms with Gasteiger partial charge in [-0.1, -0.05) is 38.0 Å². The van der Waals surface area contributed by atoms with E-state index in [0.29, 0.717) is 12.8 Å². The van der Waals surface area contributed by atoms with Crippen molar-refractivity contribution in [1.82, 2.24) is 0 Å². The number of methoxy groups -OCH3 is 2. The van der Waals surface area contributed by atoms with E-state index in [-0.39, 0.29) is 18.3 Å². The fraction of sp³-hybridized carbons (Fsp3) is 0.542. The summed E-state index contributed by atoms with van der Waals surface area (Å²) < 4.78 is 11.4. The van der Waals surface area contributed by atoms with E-state index in [4.69, 9.17) is 14.6 Å². The molecule has 0 aliphatic heterocycles. The molecule has 0 spiro atoms. The Kier molecular flexibility index (Phi) is 10.4. The fourth-order valence-electron chi connectivity index (χ4n) is 3.69. The third kappa shape index (κ3) is 7.06. The van der Waals surface area contributed by atoms with Crippen LogP contribution < -0.4 is 9.47 Å². The summed E-state index contributed by atoms with van der Waals surface area (Å²) in [5.74, 6) is 0.950. The molecule has 0 aliphatic carbocycles. The quantitative estimate of drug-likeness (QED) is 0.321. The van der Waals surface area contributed by atoms with Gasteiger partial charge in [0.25, 0.3) is 0 Å². The van der Waals surface area contributed by atoms with Crippen LogP contribution in [0.25, 0.3) is 0 Å². The van der Waals surface area contributed by atoms with Gasteiger partial charge in [-0.15, -0.1) is 6.58 Å². The molecule has 1 aromatic carbocycles. The van der Waals surface area contributed by atoms with Crippen molar-refractivity contribution in [1.29, 1.82) is 0 Å². The molecule has 2 unspecified atom stereocenters. The number of aryl methyl sites for hydroxylation is 1. The minimum atomic E-state index is -0.791. The number of carboxylic acid groups (broad SMARTS) is 1. The third-order valence-electron chi connectivity index (χ3n) is 5.30. The lowest BCUT2D eigenvalue weighted by Gasteiger charge is -2.26. The number of hydrogen-bond donors (Lipinski definition) is 1. The van der Waals surface area contributed by atoms with Crippen LogP contribution in [0, 0.1) is 11.8 Å². The van der Waals surface area contributed by atoms with E-state index in [1.165, 1.54) is 18.4 Å². The lowest BCUT2D eigenvalue weighted by atomic mass is 9.79. The molecule has 4 heteroatoms. The van der Waals surface area contributed by atoms with Gasteiger partial charge in [0.2, 0.25) is 0 Å². The van der Waals surface area contributed by atoms with Gasteiger partial charge in [0, 0.05) is 12.0 Å². The Hall–Kier alpha value is -2.23. The second kappa shape index (κ2) is 12.3. The predicted octanol–water partition coefficient (Wildman–Crippen LogP) is 5.84. The number of benzene rings is 1. The molecule has 0 aromatic heterocycles. The molecule has 0 heterocycles. The maximum absolute atomic E-state index is 11.0. The molecular formula is C24H36O4. The van der Waals surface area contributed by atoms with Crippen molar-refractivity contribution in [3.8, 4) is 11.5 Å². The molecule has 1 N–H and O–H groups in total. The van der Waals surface area contributed by atoms with Gasteiger partial charge in [0.05, 0.1) is 14.2 Å². The first-order valence-electron chi connectivity index (χ1n) is 10.1. The molecule has 0 fully saturated rings. The van der Waals surface area contributed by atoms with E-state index in [1.54, 1.807) is 14.2 Å². The Labute approximate surface area is 170 Å². The molecule has 4 nitrogen and oxygen atoms in total. The monoisotopic (exact) mass is 388 g/mol. The van der Waals surface area contributed by atoms with Crippen molar-refractivity contribution in [3.63, 3.8) is 0 Å². The Morgan fingerprint density at radius 1 is 1.21 bits per heavy atom. The molecule has 0 radical (unpaired) electrons. The fourth-order valence-corrected chi connectivity index (χ4v) is 3.69. The normalized spacial score (nSPS) is 12.9. The van der Waals surface area contributed by atoms with Crippen LogP contribution in [-0.2, 0) is 17.6 Å². The van der Waals surface area contributed by atoms with Crippen LogP contribution in [0.2, 0.25) is 0 Å². The van der Waals surface area contributed by atoms with Gasteiger partial charge in [-0.3, -0.25) is 4.79 Å². The first kappa shape index (κ1) is 23.8. The van der Waals surface area contributed by atoms with E-state index in [2.05, 4.69) is 32.2 Å². The Balaban J connectivity index is 3.15. The van der Waals surface area contributed by atoms with Crippen molar-refractivity contribution in [3.05, 3.63) is 48.1 Å². The number of carbonyl (C=O) groups is 1. The second-order valence-corrected chi connectivity index (χ2v) is 7.42. The van der Waals surface area contributed by atoms with Crippen molar-refractivity contribution in [2.75, 3.05) is 14.2 Å². The third-order valence-corrected chi connectivity index (χ3v) is 5.30. The van der Waals surface area contributed by atoms with Gasteiger partial charge >= 0.3 is 5.97 Å². The molecule has 0 aliphatic rings. The highest BCUT2D eigenvalue weighted by molar-refractivity contribution is 5.66. The molecule has 28 heavy (non-hydrogen) atoms. The zero-order chi connectivity index (χ0) is 21.1. The van der Waals surface area contributed by atoms with Crippen molar-refractivity contribution < 1.29 is 19.4 Å². The topological polar surface area (TPSA) is 55.8 Å². The van der Waals surface area contributed by atoms with E-state index >= 15 is 0 Å². The minimum absolute atomic E-state index is 0.0484. The van der Waals surface area contributed by atoms with E-state index in [9.17, 15) is 4.79 Å². The number of unbranched alkanes of at least 4 members (excludes halogenated alkanes) is 2. The van der Waals surface area contributed by atoms with Crippen LogP contribution in [0.3, 0.4) is 0 Å². The summed E-state index contributed by atoms with van der Waals surface area (Å²) in [7, 11) is 3.36. The van der Waals surface area contributed by atoms with Gasteiger partial charge in [0.15, 0.2) is 0 Å². The predicted molar refractivity (Wildman–Crippen MR) is 115 cm³/mol. The summed E-state index contributed by atoms with van der Waals surface area (Å²) in [5, 5.41) is 9.08. The standard InChI is InChI=1S/C24H36O4/c1-7-9-10-11-18-14-22(27-5)21(23(15-18)28-6)16-19(8-2)20(17(3)4)12-13-24(25)26/h8,14-15,19-20H,2-3,7,9-13,16H2,1,4-6H3,(H,25,26). The number of aliphatic carboxylic acids is 1. The number of rotatable bonds is 14. The van der Waals surface area contributed by atoms with Crippen molar-refractivity contribution in [2.24, 2.45) is 11.8 Å². The molecular weight excluding hydrogens is 352 g/mol. The summed E-state index contributed by atoms with van der Waals surface area (Å²) in [4.78, 5) is 11.0. The average Bonchev–Trinajstić information content (AvgIpc) is 2.67. The molecule has 1 rings (SSSR count). The molecule has 0 saturated heterocycles. The highest BCUT2D eigenvalue weighted by Gasteiger charge is 2.24. The maximum Gasteiger partial charge on any atom is 0.303 e. The van der Waals surface area contributed by atoms with Gasteiger partial charge in [0.1, 0.15) is 11.5 Å². The SMILES string of the molecule is C=CC(Cc1c(OC)cc(CCCCC)cc1OC)C(CCC(=O)O)C(=C)C. The number of carboxylic acids is 1. The Bertz CT molecular complexity index is 638. The first-order chi connectivity index (χ1) is 13.4. The lowest BCUT2D eigenvalue weighted by molar-refractivity contribution is -0.137. The smallest absolute Gasteiger partial charge is 0.303 e. The van der Waals surface area contributed by atoms with Gasteiger partial charge < -0.3 is 14.6 Å². The summed E-state index contributed by atoms with van der Waals surface area (Å²) in [6.07, 6.45) is 7.76. The molecule has 0 saturated carbocycles. The summed E-state index contributed by atoms with van der Waals surface area (Å²) in [5.41, 5.74) is 3.18. The second-order valence-electron chi connectivity index (χ2n) is 7.42. The van der Waals surface area contributed by atoms with Gasteiger partial charge in [-0.2, -0.15) is 0 Å². The van der Waals surface area contributed by atoms with Crippen LogP contribution in [0.5, 0.6) is 11.5 Å². The Morgan fingerprint density at radius 2 is 1.82 bits per heavy atom. The summed E-state index contributed by atoms with van der Waals surface area (Å²) in [6, 6.07) is 4.20. The summed E-state index contributed by atoms with van der Waals surface area (Å²) in [6.45, 7) is 12.2.